The normalized spacial score (nSPS) is 10.7. The van der Waals surface area contributed by atoms with Gasteiger partial charge >= 0.3 is 0 Å². The Morgan fingerprint density at radius 1 is 1.00 bits per heavy atom. The average Bonchev–Trinajstić information content (AvgIpc) is 2.46. The Balaban J connectivity index is 2.02. The van der Waals surface area contributed by atoms with E-state index in [1.807, 2.05) is 24.3 Å². The van der Waals surface area contributed by atoms with Gasteiger partial charge in [-0.2, -0.15) is 0 Å². The van der Waals surface area contributed by atoms with Crippen molar-refractivity contribution in [1.82, 2.24) is 4.98 Å². The van der Waals surface area contributed by atoms with Crippen LogP contribution in [-0.2, 0) is 0 Å². The Labute approximate surface area is 118 Å². The summed E-state index contributed by atoms with van der Waals surface area (Å²) < 4.78 is 0. The summed E-state index contributed by atoms with van der Waals surface area (Å²) >= 11 is 0. The smallest absolute Gasteiger partial charge is 0.0724 e. The van der Waals surface area contributed by atoms with E-state index in [2.05, 4.69) is 42.3 Å². The Bertz CT molecular complexity index is 778. The number of aryl methyl sites for hydroxylation is 2. The zero-order valence-corrected chi connectivity index (χ0v) is 11.6. The first-order valence-electron chi connectivity index (χ1n) is 6.62. The van der Waals surface area contributed by atoms with Crippen molar-refractivity contribution >= 4 is 28.0 Å². The van der Waals surface area contributed by atoms with Crippen LogP contribution in [0.4, 0.5) is 17.1 Å². The predicted octanol–water partition coefficient (Wildman–Crippen LogP) is 4.18. The van der Waals surface area contributed by atoms with E-state index in [-0.39, 0.29) is 0 Å². The van der Waals surface area contributed by atoms with Crippen molar-refractivity contribution in [2.24, 2.45) is 0 Å². The van der Waals surface area contributed by atoms with Gasteiger partial charge in [0, 0.05) is 17.3 Å². The molecule has 0 unspecified atom stereocenters. The number of hydrogen-bond acceptors (Lipinski definition) is 3. The zero-order valence-electron chi connectivity index (χ0n) is 11.6. The highest BCUT2D eigenvalue weighted by Crippen LogP contribution is 2.30. The first kappa shape index (κ1) is 12.5. The topological polar surface area (TPSA) is 50.9 Å². The third-order valence-electron chi connectivity index (χ3n) is 3.61. The number of benzene rings is 2. The monoisotopic (exact) mass is 263 g/mol. The number of nitrogens with one attached hydrogen (secondary N) is 1. The fourth-order valence-corrected chi connectivity index (χ4v) is 2.26. The third-order valence-corrected chi connectivity index (χ3v) is 3.61. The van der Waals surface area contributed by atoms with Crippen LogP contribution in [0.1, 0.15) is 11.1 Å². The van der Waals surface area contributed by atoms with Crippen molar-refractivity contribution in [1.29, 1.82) is 0 Å². The summed E-state index contributed by atoms with van der Waals surface area (Å²) in [5.41, 5.74) is 12.4. The van der Waals surface area contributed by atoms with Gasteiger partial charge in [0.05, 0.1) is 16.9 Å². The highest BCUT2D eigenvalue weighted by atomic mass is 14.9. The minimum Gasteiger partial charge on any atom is -0.396 e. The first-order valence-corrected chi connectivity index (χ1v) is 6.62. The standard InChI is InChI=1S/C17H17N3/c1-11-5-6-13(10-12(11)2)20-16-8-7-15-14(17(16)18)4-3-9-19-15/h3-10,20H,18H2,1-2H3. The number of anilines is 3. The molecule has 0 aliphatic rings. The second kappa shape index (κ2) is 4.85. The van der Waals surface area contributed by atoms with E-state index in [9.17, 15) is 0 Å². The Morgan fingerprint density at radius 2 is 1.85 bits per heavy atom. The summed E-state index contributed by atoms with van der Waals surface area (Å²) in [5, 5.41) is 4.35. The molecule has 0 fully saturated rings. The van der Waals surface area contributed by atoms with Gasteiger partial charge < -0.3 is 11.1 Å². The number of fused-ring (bicyclic) bond motifs is 1. The summed E-state index contributed by atoms with van der Waals surface area (Å²) in [6.07, 6.45) is 1.78. The molecule has 3 heteroatoms. The van der Waals surface area contributed by atoms with Crippen molar-refractivity contribution < 1.29 is 0 Å². The van der Waals surface area contributed by atoms with E-state index in [1.54, 1.807) is 6.20 Å². The van der Waals surface area contributed by atoms with E-state index in [4.69, 9.17) is 5.73 Å². The summed E-state index contributed by atoms with van der Waals surface area (Å²) in [4.78, 5) is 4.31. The van der Waals surface area contributed by atoms with Crippen LogP contribution in [-0.4, -0.2) is 4.98 Å². The number of aromatic nitrogens is 1. The van der Waals surface area contributed by atoms with Gasteiger partial charge in [0.2, 0.25) is 0 Å². The van der Waals surface area contributed by atoms with Crippen LogP contribution in [0, 0.1) is 13.8 Å². The van der Waals surface area contributed by atoms with Crippen LogP contribution in [0.5, 0.6) is 0 Å². The molecule has 3 rings (SSSR count). The molecule has 0 aliphatic heterocycles. The van der Waals surface area contributed by atoms with Crippen molar-refractivity contribution in [3.05, 3.63) is 59.8 Å². The first-order chi connectivity index (χ1) is 9.65. The van der Waals surface area contributed by atoms with Crippen LogP contribution in [0.2, 0.25) is 0 Å². The molecule has 0 radical (unpaired) electrons. The van der Waals surface area contributed by atoms with E-state index >= 15 is 0 Å². The molecule has 0 amide bonds. The fraction of sp³-hybridized carbons (Fsp3) is 0.118. The molecule has 20 heavy (non-hydrogen) atoms. The number of nitrogens with zero attached hydrogens (tertiary/aromatic N) is 1. The molecule has 3 N–H and O–H groups in total. The molecule has 0 spiro atoms. The lowest BCUT2D eigenvalue weighted by atomic mass is 10.1. The van der Waals surface area contributed by atoms with Gasteiger partial charge in [0.15, 0.2) is 0 Å². The molecular weight excluding hydrogens is 246 g/mol. The zero-order chi connectivity index (χ0) is 14.1. The lowest BCUT2D eigenvalue weighted by molar-refractivity contribution is 1.34. The van der Waals surface area contributed by atoms with Gasteiger partial charge in [-0.1, -0.05) is 6.07 Å². The highest BCUT2D eigenvalue weighted by molar-refractivity contribution is 5.97. The molecule has 100 valence electrons. The lowest BCUT2D eigenvalue weighted by Gasteiger charge is -2.12. The van der Waals surface area contributed by atoms with Crippen LogP contribution in [0.3, 0.4) is 0 Å². The molecule has 0 bridgehead atoms. The molecule has 0 aliphatic carbocycles. The summed E-state index contributed by atoms with van der Waals surface area (Å²) in [6.45, 7) is 4.21. The molecule has 1 heterocycles. The number of hydrogen-bond donors (Lipinski definition) is 2. The second-order valence-electron chi connectivity index (χ2n) is 5.02. The molecule has 0 saturated heterocycles. The van der Waals surface area contributed by atoms with E-state index in [0.29, 0.717) is 0 Å². The molecule has 1 aromatic heterocycles. The van der Waals surface area contributed by atoms with Gasteiger partial charge in [-0.25, -0.2) is 0 Å². The number of nitrogens with two attached hydrogens (primary N) is 1. The van der Waals surface area contributed by atoms with Crippen molar-refractivity contribution in [2.75, 3.05) is 11.1 Å². The summed E-state index contributed by atoms with van der Waals surface area (Å²) in [7, 11) is 0. The van der Waals surface area contributed by atoms with Crippen molar-refractivity contribution in [2.45, 2.75) is 13.8 Å². The van der Waals surface area contributed by atoms with Crippen LogP contribution < -0.4 is 11.1 Å². The largest absolute Gasteiger partial charge is 0.396 e. The number of pyridine rings is 1. The van der Waals surface area contributed by atoms with E-state index in [1.165, 1.54) is 11.1 Å². The molecule has 2 aromatic carbocycles. The molecule has 0 saturated carbocycles. The quantitative estimate of drug-likeness (QED) is 0.682. The SMILES string of the molecule is Cc1ccc(Nc2ccc3ncccc3c2N)cc1C. The predicted molar refractivity (Wildman–Crippen MR) is 85.4 cm³/mol. The Hall–Kier alpha value is -2.55. The molecule has 0 atom stereocenters. The Kier molecular flexibility index (Phi) is 3.03. The maximum atomic E-state index is 6.23. The third kappa shape index (κ3) is 2.18. The average molecular weight is 263 g/mol. The summed E-state index contributed by atoms with van der Waals surface area (Å²) in [6, 6.07) is 14.1. The minimum absolute atomic E-state index is 0.730. The van der Waals surface area contributed by atoms with Crippen LogP contribution in [0.15, 0.2) is 48.7 Å². The van der Waals surface area contributed by atoms with Gasteiger partial charge in [-0.05, 0) is 61.4 Å². The maximum absolute atomic E-state index is 6.23. The lowest BCUT2D eigenvalue weighted by Crippen LogP contribution is -1.98. The van der Waals surface area contributed by atoms with Gasteiger partial charge in [0.25, 0.3) is 0 Å². The van der Waals surface area contributed by atoms with Gasteiger partial charge in [0.1, 0.15) is 0 Å². The molecular formula is C17H17N3. The highest BCUT2D eigenvalue weighted by Gasteiger charge is 2.05. The van der Waals surface area contributed by atoms with Gasteiger partial charge in [-0.15, -0.1) is 0 Å². The van der Waals surface area contributed by atoms with Crippen molar-refractivity contribution in [3.63, 3.8) is 0 Å². The number of rotatable bonds is 2. The Morgan fingerprint density at radius 3 is 2.65 bits per heavy atom. The van der Waals surface area contributed by atoms with E-state index in [0.717, 1.165) is 28.0 Å². The minimum atomic E-state index is 0.730. The van der Waals surface area contributed by atoms with Crippen LogP contribution in [0.25, 0.3) is 10.9 Å². The second-order valence-corrected chi connectivity index (χ2v) is 5.02. The van der Waals surface area contributed by atoms with Crippen molar-refractivity contribution in [3.8, 4) is 0 Å². The summed E-state index contributed by atoms with van der Waals surface area (Å²) in [5.74, 6) is 0. The fourth-order valence-electron chi connectivity index (χ4n) is 2.26. The van der Waals surface area contributed by atoms with E-state index < -0.39 is 0 Å². The maximum Gasteiger partial charge on any atom is 0.0724 e. The molecule has 3 aromatic rings. The number of nitrogen functional groups attached to an aromatic ring is 1. The van der Waals surface area contributed by atoms with Crippen LogP contribution >= 0.6 is 0 Å². The molecule has 3 nitrogen and oxygen atoms in total. The van der Waals surface area contributed by atoms with Gasteiger partial charge in [-0.3, -0.25) is 4.98 Å².